The van der Waals surface area contributed by atoms with Crippen molar-refractivity contribution in [3.63, 3.8) is 0 Å². The molecule has 2 rings (SSSR count). The number of likely N-dealkylation sites (tertiary alicyclic amines) is 1. The van der Waals surface area contributed by atoms with Crippen molar-refractivity contribution < 1.29 is 9.90 Å². The molecule has 0 aliphatic carbocycles. The number of nitrogens with one attached hydrogen (secondary N) is 1. The van der Waals surface area contributed by atoms with E-state index in [0.29, 0.717) is 12.5 Å². The maximum atomic E-state index is 11.3. The molecule has 1 aliphatic rings. The van der Waals surface area contributed by atoms with E-state index in [2.05, 4.69) is 34.5 Å². The first-order valence-electron chi connectivity index (χ1n) is 7.37. The van der Waals surface area contributed by atoms with E-state index >= 15 is 0 Å². The predicted octanol–water partition coefficient (Wildman–Crippen LogP) is 1.05. The fourth-order valence-electron chi connectivity index (χ4n) is 2.61. The van der Waals surface area contributed by atoms with E-state index in [1.165, 1.54) is 12.5 Å². The number of rotatable bonds is 6. The Labute approximate surface area is 120 Å². The van der Waals surface area contributed by atoms with Crippen LogP contribution in [0, 0.1) is 5.92 Å². The smallest absolute Gasteiger partial charge is 0.248 e. The first kappa shape index (κ1) is 15.0. The molecular formula is C16H24N2O2. The molecule has 2 N–H and O–H groups in total. The zero-order valence-electron chi connectivity index (χ0n) is 12.1. The summed E-state index contributed by atoms with van der Waals surface area (Å²) < 4.78 is 0. The fourth-order valence-corrected chi connectivity index (χ4v) is 2.61. The largest absolute Gasteiger partial charge is 0.384 e. The Hall–Kier alpha value is -1.39. The van der Waals surface area contributed by atoms with Crippen LogP contribution in [0.25, 0.3) is 0 Å². The lowest BCUT2D eigenvalue weighted by Crippen LogP contribution is -2.36. The van der Waals surface area contributed by atoms with Gasteiger partial charge in [0.15, 0.2) is 0 Å². The van der Waals surface area contributed by atoms with Crippen LogP contribution in [0.4, 0.5) is 0 Å². The monoisotopic (exact) mass is 276 g/mol. The van der Waals surface area contributed by atoms with Crippen molar-refractivity contribution in [3.8, 4) is 0 Å². The average Bonchev–Trinajstić information content (AvgIpc) is 2.91. The molecule has 1 amide bonds. The second-order valence-corrected chi connectivity index (χ2v) is 5.61. The normalized spacial score (nSPS) is 20.8. The Morgan fingerprint density at radius 2 is 2.20 bits per heavy atom. The van der Waals surface area contributed by atoms with E-state index in [0.717, 1.165) is 32.5 Å². The number of carbonyl (C=O) groups excluding carboxylic acids is 1. The molecule has 0 aromatic heterocycles. The number of amides is 1. The molecule has 1 heterocycles. The van der Waals surface area contributed by atoms with E-state index in [-0.39, 0.29) is 5.91 Å². The lowest BCUT2D eigenvalue weighted by atomic mass is 10.1. The third kappa shape index (κ3) is 4.62. The van der Waals surface area contributed by atoms with Crippen molar-refractivity contribution in [1.82, 2.24) is 10.2 Å². The number of carbonyl (C=O) groups is 1. The van der Waals surface area contributed by atoms with Crippen molar-refractivity contribution in [1.29, 1.82) is 0 Å². The average molecular weight is 276 g/mol. The van der Waals surface area contributed by atoms with Crippen LogP contribution < -0.4 is 5.32 Å². The summed E-state index contributed by atoms with van der Waals surface area (Å²) in [4.78, 5) is 13.8. The molecular weight excluding hydrogens is 252 g/mol. The third-order valence-electron chi connectivity index (χ3n) is 3.87. The van der Waals surface area contributed by atoms with Crippen molar-refractivity contribution in [2.75, 3.05) is 26.2 Å². The van der Waals surface area contributed by atoms with Crippen molar-refractivity contribution in [2.45, 2.75) is 25.9 Å². The Kier molecular flexibility index (Phi) is 5.56. The molecule has 4 heteroatoms. The van der Waals surface area contributed by atoms with Crippen LogP contribution in [-0.2, 0) is 11.2 Å². The summed E-state index contributed by atoms with van der Waals surface area (Å²) in [5, 5.41) is 11.9. The minimum absolute atomic E-state index is 0.271. The topological polar surface area (TPSA) is 52.6 Å². The standard InChI is InChI=1S/C16H24N2O2/c1-13(19)16(20)17-11-15-8-10-18(12-15)9-7-14-5-3-2-4-6-14/h2-6,13,15,19H,7-12H2,1H3,(H,17,20). The van der Waals surface area contributed by atoms with Crippen molar-refractivity contribution in [3.05, 3.63) is 35.9 Å². The summed E-state index contributed by atoms with van der Waals surface area (Å²) in [7, 11) is 0. The summed E-state index contributed by atoms with van der Waals surface area (Å²) >= 11 is 0. The van der Waals surface area contributed by atoms with Gasteiger partial charge in [0.05, 0.1) is 0 Å². The highest BCUT2D eigenvalue weighted by atomic mass is 16.3. The lowest BCUT2D eigenvalue weighted by molar-refractivity contribution is -0.128. The van der Waals surface area contributed by atoms with Crippen molar-refractivity contribution in [2.24, 2.45) is 5.92 Å². The quantitative estimate of drug-likeness (QED) is 0.816. The van der Waals surface area contributed by atoms with E-state index in [1.807, 2.05) is 6.07 Å². The van der Waals surface area contributed by atoms with Gasteiger partial charge in [-0.2, -0.15) is 0 Å². The summed E-state index contributed by atoms with van der Waals surface area (Å²) in [6, 6.07) is 10.5. The van der Waals surface area contributed by atoms with E-state index < -0.39 is 6.10 Å². The molecule has 1 fully saturated rings. The molecule has 1 aliphatic heterocycles. The number of aliphatic hydroxyl groups excluding tert-OH is 1. The molecule has 2 unspecified atom stereocenters. The van der Waals surface area contributed by atoms with Gasteiger partial charge in [0, 0.05) is 19.6 Å². The number of hydrogen-bond donors (Lipinski definition) is 2. The van der Waals surface area contributed by atoms with Crippen LogP contribution in [0.1, 0.15) is 18.9 Å². The number of benzene rings is 1. The molecule has 2 atom stereocenters. The molecule has 1 saturated heterocycles. The Balaban J connectivity index is 1.66. The first-order valence-corrected chi connectivity index (χ1v) is 7.37. The van der Waals surface area contributed by atoms with Crippen LogP contribution in [0.3, 0.4) is 0 Å². The summed E-state index contributed by atoms with van der Waals surface area (Å²) in [5.74, 6) is 0.237. The summed E-state index contributed by atoms with van der Waals surface area (Å²) in [5.41, 5.74) is 1.37. The third-order valence-corrected chi connectivity index (χ3v) is 3.87. The molecule has 1 aromatic rings. The van der Waals surface area contributed by atoms with E-state index in [1.54, 1.807) is 0 Å². The van der Waals surface area contributed by atoms with Gasteiger partial charge in [-0.25, -0.2) is 0 Å². The molecule has 110 valence electrons. The highest BCUT2D eigenvalue weighted by molar-refractivity contribution is 5.79. The van der Waals surface area contributed by atoms with Gasteiger partial charge in [-0.1, -0.05) is 30.3 Å². The number of hydrogen-bond acceptors (Lipinski definition) is 3. The van der Waals surface area contributed by atoms with Gasteiger partial charge in [0.2, 0.25) is 5.91 Å². The predicted molar refractivity (Wildman–Crippen MR) is 79.4 cm³/mol. The zero-order valence-corrected chi connectivity index (χ0v) is 12.1. The van der Waals surface area contributed by atoms with Gasteiger partial charge in [-0.05, 0) is 37.8 Å². The molecule has 4 nitrogen and oxygen atoms in total. The van der Waals surface area contributed by atoms with Gasteiger partial charge in [0.1, 0.15) is 6.10 Å². The Morgan fingerprint density at radius 3 is 2.90 bits per heavy atom. The highest BCUT2D eigenvalue weighted by Gasteiger charge is 2.22. The van der Waals surface area contributed by atoms with Crippen LogP contribution in [0.5, 0.6) is 0 Å². The molecule has 1 aromatic carbocycles. The second kappa shape index (κ2) is 7.41. The highest BCUT2D eigenvalue weighted by Crippen LogP contribution is 2.16. The molecule has 0 radical (unpaired) electrons. The van der Waals surface area contributed by atoms with Gasteiger partial charge in [-0.3, -0.25) is 4.79 Å². The Bertz CT molecular complexity index is 420. The van der Waals surface area contributed by atoms with Gasteiger partial charge >= 0.3 is 0 Å². The SMILES string of the molecule is CC(O)C(=O)NCC1CCN(CCc2ccccc2)C1. The van der Waals surface area contributed by atoms with E-state index in [9.17, 15) is 4.79 Å². The van der Waals surface area contributed by atoms with Crippen LogP contribution in [0.2, 0.25) is 0 Å². The van der Waals surface area contributed by atoms with Gasteiger partial charge in [0.25, 0.3) is 0 Å². The minimum atomic E-state index is -0.911. The molecule has 0 bridgehead atoms. The van der Waals surface area contributed by atoms with Gasteiger partial charge in [-0.15, -0.1) is 0 Å². The molecule has 0 spiro atoms. The second-order valence-electron chi connectivity index (χ2n) is 5.61. The van der Waals surface area contributed by atoms with Crippen LogP contribution in [0.15, 0.2) is 30.3 Å². The summed E-state index contributed by atoms with van der Waals surface area (Å²) in [6.07, 6.45) is 1.29. The lowest BCUT2D eigenvalue weighted by Gasteiger charge is -2.16. The van der Waals surface area contributed by atoms with Crippen LogP contribution in [-0.4, -0.2) is 48.2 Å². The maximum Gasteiger partial charge on any atom is 0.248 e. The van der Waals surface area contributed by atoms with E-state index in [4.69, 9.17) is 5.11 Å². The maximum absolute atomic E-state index is 11.3. The molecule has 0 saturated carbocycles. The first-order chi connectivity index (χ1) is 9.65. The number of nitrogens with zero attached hydrogens (tertiary/aromatic N) is 1. The minimum Gasteiger partial charge on any atom is -0.384 e. The van der Waals surface area contributed by atoms with Crippen LogP contribution >= 0.6 is 0 Å². The molecule has 20 heavy (non-hydrogen) atoms. The summed E-state index contributed by atoms with van der Waals surface area (Å²) in [6.45, 7) is 5.38. The Morgan fingerprint density at radius 1 is 1.45 bits per heavy atom. The van der Waals surface area contributed by atoms with Gasteiger partial charge < -0.3 is 15.3 Å². The van der Waals surface area contributed by atoms with Crippen molar-refractivity contribution >= 4 is 5.91 Å². The number of aliphatic hydroxyl groups is 1. The zero-order chi connectivity index (χ0) is 14.4. The fraction of sp³-hybridized carbons (Fsp3) is 0.562.